The molecule has 0 bridgehead atoms. The zero-order valence-corrected chi connectivity index (χ0v) is 25.7. The average Bonchev–Trinajstić information content (AvgIpc) is 2.94. The smallest absolute Gasteiger partial charge is 0.408 e. The molecule has 2 unspecified atom stereocenters. The fraction of sp³-hybridized carbons (Fsp3) is 0.500. The van der Waals surface area contributed by atoms with Gasteiger partial charge < -0.3 is 35.2 Å². The van der Waals surface area contributed by atoms with E-state index in [1.807, 2.05) is 0 Å². The van der Waals surface area contributed by atoms with E-state index in [9.17, 15) is 29.4 Å². The zero-order valence-electron chi connectivity index (χ0n) is 25.7. The highest BCUT2D eigenvalue weighted by Crippen LogP contribution is 2.27. The van der Waals surface area contributed by atoms with Crippen LogP contribution >= 0.6 is 0 Å². The van der Waals surface area contributed by atoms with Crippen molar-refractivity contribution in [2.75, 3.05) is 20.2 Å². The number of carbonyl (C=O) groups excluding carboxylic acids is 4. The number of amides is 3. The number of phenolic OH excluding ortho intramolecular Hbond substituents is 2. The van der Waals surface area contributed by atoms with E-state index < -0.39 is 48.1 Å². The molecule has 0 aliphatic carbocycles. The first-order chi connectivity index (χ1) is 20.3. The van der Waals surface area contributed by atoms with Gasteiger partial charge in [-0.3, -0.25) is 14.4 Å². The second kappa shape index (κ2) is 17.0. The van der Waals surface area contributed by atoms with Crippen molar-refractivity contribution in [1.29, 1.82) is 0 Å². The minimum absolute atomic E-state index is 0.0429. The van der Waals surface area contributed by atoms with Crippen LogP contribution in [0.3, 0.4) is 0 Å². The molecule has 0 radical (unpaired) electrons. The Morgan fingerprint density at radius 3 is 2.21 bits per heavy atom. The first-order valence-electron chi connectivity index (χ1n) is 14.6. The average molecular weight is 600 g/mol. The summed E-state index contributed by atoms with van der Waals surface area (Å²) in [5.74, 6) is -1.94. The highest BCUT2D eigenvalue weighted by molar-refractivity contribution is 5.93. The fourth-order valence-electron chi connectivity index (χ4n) is 4.47. The van der Waals surface area contributed by atoms with E-state index in [1.54, 1.807) is 45.0 Å². The normalized spacial score (nSPS) is 12.5. The molecule has 0 saturated heterocycles. The second-order valence-electron chi connectivity index (χ2n) is 11.3. The number of phenols is 2. The van der Waals surface area contributed by atoms with Gasteiger partial charge in [0.2, 0.25) is 11.8 Å². The molecular weight excluding hydrogens is 554 g/mol. The Morgan fingerprint density at radius 2 is 1.60 bits per heavy atom. The van der Waals surface area contributed by atoms with Crippen molar-refractivity contribution in [3.63, 3.8) is 0 Å². The predicted octanol–water partition coefficient (Wildman–Crippen LogP) is 4.36. The van der Waals surface area contributed by atoms with Gasteiger partial charge >= 0.3 is 12.1 Å². The van der Waals surface area contributed by atoms with Crippen molar-refractivity contribution < 1.29 is 38.9 Å². The number of benzene rings is 2. The molecule has 2 aromatic rings. The third-order valence-corrected chi connectivity index (χ3v) is 6.53. The van der Waals surface area contributed by atoms with Crippen LogP contribution in [0, 0.1) is 0 Å². The van der Waals surface area contributed by atoms with E-state index in [-0.39, 0.29) is 24.5 Å². The maximum atomic E-state index is 14.4. The van der Waals surface area contributed by atoms with Gasteiger partial charge in [-0.05, 0) is 62.6 Å². The SMILES string of the molecule is CCCCCCCN(C(=O)C(Cc1ccc(O)cc1)NC(=O)OC(C)(C)C)C(C(=O)NCC(=O)OC)c1cccc(O)c1. The molecular formula is C32H45N3O8. The number of methoxy groups -OCH3 is 1. The molecule has 0 aliphatic rings. The Morgan fingerprint density at radius 1 is 0.930 bits per heavy atom. The zero-order chi connectivity index (χ0) is 32.0. The Balaban J connectivity index is 2.55. The van der Waals surface area contributed by atoms with Gasteiger partial charge in [0.05, 0.1) is 7.11 Å². The van der Waals surface area contributed by atoms with Crippen LogP contribution < -0.4 is 10.6 Å². The number of hydrogen-bond donors (Lipinski definition) is 4. The lowest BCUT2D eigenvalue weighted by molar-refractivity contribution is -0.144. The summed E-state index contributed by atoms with van der Waals surface area (Å²) in [6, 6.07) is 9.84. The van der Waals surface area contributed by atoms with Crippen LogP contribution in [0.15, 0.2) is 48.5 Å². The molecule has 0 aromatic heterocycles. The molecule has 2 rings (SSSR count). The Hall–Kier alpha value is -4.28. The topological polar surface area (TPSA) is 154 Å². The monoisotopic (exact) mass is 599 g/mol. The number of hydrogen-bond acceptors (Lipinski definition) is 8. The fourth-order valence-corrected chi connectivity index (χ4v) is 4.47. The third kappa shape index (κ3) is 12.2. The number of unbranched alkanes of at least 4 members (excludes halogenated alkanes) is 4. The lowest BCUT2D eigenvalue weighted by atomic mass is 9.99. The first-order valence-corrected chi connectivity index (χ1v) is 14.6. The largest absolute Gasteiger partial charge is 0.508 e. The quantitative estimate of drug-likeness (QED) is 0.174. The number of alkyl carbamates (subject to hydrolysis) is 1. The molecule has 0 heterocycles. The summed E-state index contributed by atoms with van der Waals surface area (Å²) in [5.41, 5.74) is 0.150. The minimum atomic E-state index is -1.24. The van der Waals surface area contributed by atoms with Gasteiger partial charge in [-0.1, -0.05) is 56.9 Å². The standard InChI is InChI=1S/C32H45N3O8/c1-6-7-8-9-10-18-35(28(23-12-11-13-25(37)20-23)29(39)33-21-27(38)42-5)30(40)26(34-31(41)43-32(2,3)4)19-22-14-16-24(36)17-15-22/h11-17,20,26,28,36-37H,6-10,18-19,21H2,1-5H3,(H,33,39)(H,34,41). The molecule has 2 atom stereocenters. The maximum absolute atomic E-state index is 14.4. The Kier molecular flexibility index (Phi) is 13.8. The minimum Gasteiger partial charge on any atom is -0.508 e. The van der Waals surface area contributed by atoms with Gasteiger partial charge in [0.15, 0.2) is 0 Å². The molecule has 2 aromatic carbocycles. The summed E-state index contributed by atoms with van der Waals surface area (Å²) < 4.78 is 10.1. The number of nitrogens with zero attached hydrogens (tertiary/aromatic N) is 1. The molecule has 236 valence electrons. The van der Waals surface area contributed by atoms with E-state index in [1.165, 1.54) is 36.3 Å². The number of rotatable bonds is 15. The van der Waals surface area contributed by atoms with Gasteiger partial charge in [0, 0.05) is 13.0 Å². The van der Waals surface area contributed by atoms with Crippen LogP contribution in [0.1, 0.15) is 77.0 Å². The number of ether oxygens (including phenoxy) is 2. The second-order valence-corrected chi connectivity index (χ2v) is 11.3. The lowest BCUT2D eigenvalue weighted by Gasteiger charge is -2.34. The van der Waals surface area contributed by atoms with Crippen LogP contribution in [0.5, 0.6) is 11.5 Å². The number of nitrogens with one attached hydrogen (secondary N) is 2. The van der Waals surface area contributed by atoms with Crippen LogP contribution in [0.2, 0.25) is 0 Å². The molecule has 0 spiro atoms. The van der Waals surface area contributed by atoms with Gasteiger partial charge in [-0.2, -0.15) is 0 Å². The third-order valence-electron chi connectivity index (χ3n) is 6.53. The van der Waals surface area contributed by atoms with E-state index in [0.717, 1.165) is 25.7 Å². The van der Waals surface area contributed by atoms with Gasteiger partial charge in [-0.25, -0.2) is 4.79 Å². The van der Waals surface area contributed by atoms with E-state index >= 15 is 0 Å². The summed E-state index contributed by atoms with van der Waals surface area (Å²) in [6.07, 6.45) is 3.60. The van der Waals surface area contributed by atoms with Crippen molar-refractivity contribution in [1.82, 2.24) is 15.5 Å². The van der Waals surface area contributed by atoms with Gasteiger partial charge in [-0.15, -0.1) is 0 Å². The summed E-state index contributed by atoms with van der Waals surface area (Å²) in [4.78, 5) is 54.2. The van der Waals surface area contributed by atoms with Crippen molar-refractivity contribution in [2.45, 2.75) is 83.9 Å². The molecule has 3 amide bonds. The highest BCUT2D eigenvalue weighted by atomic mass is 16.6. The van der Waals surface area contributed by atoms with E-state index in [0.29, 0.717) is 17.5 Å². The van der Waals surface area contributed by atoms with Crippen LogP contribution in [0.25, 0.3) is 0 Å². The number of carbonyl (C=O) groups is 4. The summed E-state index contributed by atoms with van der Waals surface area (Å²) in [6.45, 7) is 6.95. The summed E-state index contributed by atoms with van der Waals surface area (Å²) >= 11 is 0. The molecule has 4 N–H and O–H groups in total. The molecule has 43 heavy (non-hydrogen) atoms. The van der Waals surface area contributed by atoms with Gasteiger partial charge in [0.1, 0.15) is 35.7 Å². The van der Waals surface area contributed by atoms with Crippen molar-refractivity contribution in [3.8, 4) is 11.5 Å². The number of aromatic hydroxyl groups is 2. The van der Waals surface area contributed by atoms with Crippen molar-refractivity contribution >= 4 is 23.9 Å². The number of esters is 1. The van der Waals surface area contributed by atoms with Crippen LogP contribution in [-0.4, -0.2) is 70.8 Å². The first kappa shape index (κ1) is 34.9. The Bertz CT molecular complexity index is 1210. The lowest BCUT2D eigenvalue weighted by Crippen LogP contribution is -2.54. The molecule has 11 nitrogen and oxygen atoms in total. The molecule has 0 fully saturated rings. The van der Waals surface area contributed by atoms with Crippen molar-refractivity contribution in [2.24, 2.45) is 0 Å². The maximum Gasteiger partial charge on any atom is 0.408 e. The predicted molar refractivity (Wildman–Crippen MR) is 161 cm³/mol. The van der Waals surface area contributed by atoms with E-state index in [2.05, 4.69) is 22.3 Å². The van der Waals surface area contributed by atoms with Crippen LogP contribution in [-0.2, 0) is 30.3 Å². The van der Waals surface area contributed by atoms with E-state index in [4.69, 9.17) is 4.74 Å². The van der Waals surface area contributed by atoms with Crippen molar-refractivity contribution in [3.05, 3.63) is 59.7 Å². The van der Waals surface area contributed by atoms with Crippen LogP contribution in [0.4, 0.5) is 4.79 Å². The molecule has 0 aliphatic heterocycles. The highest BCUT2D eigenvalue weighted by Gasteiger charge is 2.36. The molecule has 0 saturated carbocycles. The van der Waals surface area contributed by atoms with Gasteiger partial charge in [0.25, 0.3) is 0 Å². The summed E-state index contributed by atoms with van der Waals surface area (Å²) in [5, 5.41) is 25.2. The summed E-state index contributed by atoms with van der Waals surface area (Å²) in [7, 11) is 1.20. The Labute approximate surface area is 253 Å². The molecule has 11 heteroatoms.